The first-order valence-corrected chi connectivity index (χ1v) is 11.0. The second-order valence-electron chi connectivity index (χ2n) is 8.13. The Hall–Kier alpha value is -4.52. The third-order valence-corrected chi connectivity index (χ3v) is 5.71. The summed E-state index contributed by atoms with van der Waals surface area (Å²) in [4.78, 5) is 29.4. The SMILES string of the molecule is NC(=O)Oc1cccc(CC2Nc3c(Cc4ccccc4)nc(-c4ccccc4)c[n+]3C2=O)c1. The Morgan fingerprint density at radius 2 is 1.68 bits per heavy atom. The molecule has 5 rings (SSSR count). The normalized spacial score (nSPS) is 14.4. The molecule has 1 aromatic heterocycles. The number of ether oxygens (including phenoxy) is 1. The third-order valence-electron chi connectivity index (χ3n) is 5.71. The summed E-state index contributed by atoms with van der Waals surface area (Å²) in [6.45, 7) is 0. The Morgan fingerprint density at radius 3 is 2.41 bits per heavy atom. The van der Waals surface area contributed by atoms with Crippen LogP contribution in [0.3, 0.4) is 0 Å². The highest BCUT2D eigenvalue weighted by Crippen LogP contribution is 2.25. The monoisotopic (exact) mass is 451 g/mol. The number of amides is 1. The molecule has 1 unspecified atom stereocenters. The van der Waals surface area contributed by atoms with E-state index in [1.165, 1.54) is 0 Å². The molecule has 2 heterocycles. The van der Waals surface area contributed by atoms with Crippen LogP contribution in [0, 0.1) is 0 Å². The molecule has 4 aromatic rings. The number of nitrogens with two attached hydrogens (primary N) is 1. The maximum atomic E-state index is 13.4. The van der Waals surface area contributed by atoms with E-state index in [0.29, 0.717) is 24.4 Å². The molecular formula is C27H23N4O3+. The number of rotatable bonds is 6. The van der Waals surface area contributed by atoms with Gasteiger partial charge in [-0.3, -0.25) is 5.32 Å². The average Bonchev–Trinajstić information content (AvgIpc) is 3.15. The predicted octanol–water partition coefficient (Wildman–Crippen LogP) is 3.76. The van der Waals surface area contributed by atoms with Crippen molar-refractivity contribution < 1.29 is 18.9 Å². The van der Waals surface area contributed by atoms with Gasteiger partial charge < -0.3 is 10.5 Å². The Balaban J connectivity index is 1.49. The van der Waals surface area contributed by atoms with Crippen molar-refractivity contribution in [1.29, 1.82) is 0 Å². The first-order valence-electron chi connectivity index (χ1n) is 11.0. The van der Waals surface area contributed by atoms with Gasteiger partial charge in [-0.15, -0.1) is 0 Å². The smallest absolute Gasteiger partial charge is 0.409 e. The minimum absolute atomic E-state index is 0.0647. The van der Waals surface area contributed by atoms with Crippen molar-refractivity contribution in [2.75, 3.05) is 5.32 Å². The van der Waals surface area contributed by atoms with Gasteiger partial charge >= 0.3 is 17.8 Å². The fraction of sp³-hybridized carbons (Fsp3) is 0.111. The van der Waals surface area contributed by atoms with Crippen molar-refractivity contribution in [3.05, 3.63) is 108 Å². The van der Waals surface area contributed by atoms with Gasteiger partial charge in [0.1, 0.15) is 23.3 Å². The molecule has 1 aliphatic rings. The van der Waals surface area contributed by atoms with Gasteiger partial charge in [0, 0.05) is 18.4 Å². The van der Waals surface area contributed by atoms with Crippen LogP contribution in [0.4, 0.5) is 10.6 Å². The lowest BCUT2D eigenvalue weighted by Crippen LogP contribution is -2.44. The van der Waals surface area contributed by atoms with E-state index in [4.69, 9.17) is 15.5 Å². The maximum absolute atomic E-state index is 13.4. The average molecular weight is 452 g/mol. The van der Waals surface area contributed by atoms with Gasteiger partial charge in [-0.2, -0.15) is 4.57 Å². The van der Waals surface area contributed by atoms with Crippen LogP contribution in [0.2, 0.25) is 0 Å². The molecule has 3 aromatic carbocycles. The summed E-state index contributed by atoms with van der Waals surface area (Å²) in [7, 11) is 0. The maximum Gasteiger partial charge on any atom is 0.409 e. The number of carbonyl (C=O) groups is 2. The van der Waals surface area contributed by atoms with Crippen LogP contribution in [0.15, 0.2) is 91.1 Å². The molecule has 0 spiro atoms. The van der Waals surface area contributed by atoms with Crippen molar-refractivity contribution in [2.45, 2.75) is 18.9 Å². The number of primary amides is 1. The summed E-state index contributed by atoms with van der Waals surface area (Å²) < 4.78 is 6.65. The van der Waals surface area contributed by atoms with E-state index >= 15 is 0 Å². The molecule has 7 heteroatoms. The van der Waals surface area contributed by atoms with Gasteiger partial charge in [-0.05, 0) is 23.3 Å². The van der Waals surface area contributed by atoms with E-state index in [9.17, 15) is 9.59 Å². The zero-order chi connectivity index (χ0) is 23.5. The van der Waals surface area contributed by atoms with Crippen LogP contribution in [0.1, 0.15) is 21.6 Å². The molecule has 7 nitrogen and oxygen atoms in total. The van der Waals surface area contributed by atoms with Gasteiger partial charge in [0.25, 0.3) is 0 Å². The molecule has 0 aliphatic carbocycles. The molecule has 0 saturated carbocycles. The molecular weight excluding hydrogens is 428 g/mol. The zero-order valence-corrected chi connectivity index (χ0v) is 18.3. The van der Waals surface area contributed by atoms with Gasteiger partial charge in [0.2, 0.25) is 0 Å². The van der Waals surface area contributed by atoms with E-state index in [-0.39, 0.29) is 5.91 Å². The molecule has 1 atom stereocenters. The Kier molecular flexibility index (Phi) is 5.74. The molecule has 34 heavy (non-hydrogen) atoms. The quantitative estimate of drug-likeness (QED) is 0.435. The summed E-state index contributed by atoms with van der Waals surface area (Å²) in [6.07, 6.45) is 1.93. The first-order chi connectivity index (χ1) is 16.6. The van der Waals surface area contributed by atoms with Crippen molar-refractivity contribution in [2.24, 2.45) is 5.73 Å². The Bertz CT molecular complexity index is 1360. The standard InChI is InChI=1S/C27H22N4O3/c28-27(33)34-21-13-7-10-19(14-21)16-23-26(32)31-17-24(20-11-5-2-6-12-20)29-22(25(31)30-23)15-18-8-3-1-4-9-18/h1-14,17,23H,15-16H2,(H2,28,33)/p+1. The lowest BCUT2D eigenvalue weighted by atomic mass is 10.1. The van der Waals surface area contributed by atoms with E-state index in [1.807, 2.05) is 66.7 Å². The van der Waals surface area contributed by atoms with Crippen LogP contribution >= 0.6 is 0 Å². The first kappa shape index (κ1) is 21.3. The summed E-state index contributed by atoms with van der Waals surface area (Å²) in [5, 5.41) is 3.38. The summed E-state index contributed by atoms with van der Waals surface area (Å²) in [6, 6.07) is 26.4. The molecule has 1 amide bonds. The molecule has 0 saturated heterocycles. The van der Waals surface area contributed by atoms with Crippen molar-refractivity contribution in [1.82, 2.24) is 4.98 Å². The van der Waals surface area contributed by atoms with Crippen molar-refractivity contribution in [3.8, 4) is 17.0 Å². The number of aromatic nitrogens is 2. The third kappa shape index (κ3) is 4.49. The second kappa shape index (κ2) is 9.15. The number of anilines is 1. The minimum Gasteiger partial charge on any atom is -0.410 e. The molecule has 0 fully saturated rings. The number of carbonyl (C=O) groups excluding carboxylic acids is 2. The largest absolute Gasteiger partial charge is 0.410 e. The van der Waals surface area contributed by atoms with Crippen LogP contribution in [0.5, 0.6) is 5.75 Å². The molecule has 0 radical (unpaired) electrons. The van der Waals surface area contributed by atoms with E-state index in [1.54, 1.807) is 29.0 Å². The number of fused-ring (bicyclic) bond motifs is 1. The molecule has 168 valence electrons. The zero-order valence-electron chi connectivity index (χ0n) is 18.3. The number of benzene rings is 3. The van der Waals surface area contributed by atoms with Gasteiger partial charge in [0.05, 0.1) is 0 Å². The Labute approximate surface area is 196 Å². The van der Waals surface area contributed by atoms with Gasteiger partial charge in [0.15, 0.2) is 6.04 Å². The van der Waals surface area contributed by atoms with E-state index in [2.05, 4.69) is 5.32 Å². The van der Waals surface area contributed by atoms with Gasteiger partial charge in [-0.1, -0.05) is 72.8 Å². The molecule has 1 aliphatic heterocycles. The van der Waals surface area contributed by atoms with Crippen molar-refractivity contribution >= 4 is 17.8 Å². The topological polar surface area (TPSA) is 98.2 Å². The van der Waals surface area contributed by atoms with E-state index in [0.717, 1.165) is 28.1 Å². The fourth-order valence-corrected chi connectivity index (χ4v) is 4.16. The molecule has 3 N–H and O–H groups in total. The number of hydrogen-bond donors (Lipinski definition) is 2. The number of nitrogens with one attached hydrogen (secondary N) is 1. The highest BCUT2D eigenvalue weighted by molar-refractivity contribution is 5.83. The predicted molar refractivity (Wildman–Crippen MR) is 128 cm³/mol. The van der Waals surface area contributed by atoms with Crippen LogP contribution < -0.4 is 20.4 Å². The second-order valence-corrected chi connectivity index (χ2v) is 8.13. The summed E-state index contributed by atoms with van der Waals surface area (Å²) >= 11 is 0. The number of hydrogen-bond acceptors (Lipinski definition) is 5. The lowest BCUT2D eigenvalue weighted by molar-refractivity contribution is -0.552. The minimum atomic E-state index is -0.875. The fourth-order valence-electron chi connectivity index (χ4n) is 4.16. The van der Waals surface area contributed by atoms with Crippen LogP contribution in [-0.4, -0.2) is 23.0 Å². The van der Waals surface area contributed by atoms with Crippen LogP contribution in [-0.2, 0) is 12.8 Å². The van der Waals surface area contributed by atoms with Gasteiger partial charge in [-0.25, -0.2) is 14.6 Å². The number of nitrogens with zero attached hydrogens (tertiary/aromatic N) is 2. The van der Waals surface area contributed by atoms with Crippen LogP contribution in [0.25, 0.3) is 11.3 Å². The van der Waals surface area contributed by atoms with Crippen molar-refractivity contribution in [3.63, 3.8) is 0 Å². The molecule has 0 bridgehead atoms. The highest BCUT2D eigenvalue weighted by Gasteiger charge is 2.41. The highest BCUT2D eigenvalue weighted by atomic mass is 16.5. The summed E-state index contributed by atoms with van der Waals surface area (Å²) in [5.74, 6) is 0.978. The van der Waals surface area contributed by atoms with E-state index < -0.39 is 12.1 Å². The Morgan fingerprint density at radius 1 is 0.971 bits per heavy atom. The summed E-state index contributed by atoms with van der Waals surface area (Å²) in [5.41, 5.74) is 9.56. The lowest BCUT2D eigenvalue weighted by Gasteiger charge is -2.07.